The highest BCUT2D eigenvalue weighted by Gasteiger charge is 2.26. The van der Waals surface area contributed by atoms with Gasteiger partial charge < -0.3 is 9.97 Å². The van der Waals surface area contributed by atoms with Crippen molar-refractivity contribution >= 4 is 22.8 Å². The Morgan fingerprint density at radius 3 is 2.90 bits per heavy atom. The van der Waals surface area contributed by atoms with Crippen LogP contribution < -0.4 is 0 Å². The van der Waals surface area contributed by atoms with Crippen LogP contribution in [0.5, 0.6) is 0 Å². The summed E-state index contributed by atoms with van der Waals surface area (Å²) in [5, 5.41) is 1.02. The van der Waals surface area contributed by atoms with Gasteiger partial charge in [0.2, 0.25) is 0 Å². The van der Waals surface area contributed by atoms with Gasteiger partial charge in [-0.05, 0) is 31.9 Å². The number of aromatic nitrogens is 3. The maximum atomic E-state index is 12.8. The van der Waals surface area contributed by atoms with Gasteiger partial charge in [0.05, 0.1) is 17.6 Å². The summed E-state index contributed by atoms with van der Waals surface area (Å²) in [4.78, 5) is 23.5. The predicted octanol–water partition coefficient (Wildman–Crippen LogP) is 3.41. The fourth-order valence-electron chi connectivity index (χ4n) is 3.00. The molecule has 0 saturated heterocycles. The summed E-state index contributed by atoms with van der Waals surface area (Å²) in [5.41, 5.74) is 5.59. The molecule has 0 aliphatic heterocycles. The number of aryl methyl sites for hydroxylation is 2. The second-order valence-corrected chi connectivity index (χ2v) is 5.44. The minimum atomic E-state index is 0.121. The molecule has 0 unspecified atom stereocenters. The quantitative estimate of drug-likeness (QED) is 0.669. The predicted molar refractivity (Wildman–Crippen MR) is 82.3 cm³/mol. The van der Waals surface area contributed by atoms with Gasteiger partial charge in [0.15, 0.2) is 5.78 Å². The van der Waals surface area contributed by atoms with Gasteiger partial charge in [-0.2, -0.15) is 0 Å². The lowest BCUT2D eigenvalue weighted by Gasteiger charge is -2.14. The Balaban J connectivity index is 1.85. The lowest BCUT2D eigenvalue weighted by Crippen LogP contribution is -2.13. The van der Waals surface area contributed by atoms with Gasteiger partial charge in [-0.1, -0.05) is 18.2 Å². The molecule has 2 N–H and O–H groups in total. The van der Waals surface area contributed by atoms with E-state index in [1.165, 1.54) is 0 Å². The number of carbonyl (C=O) groups excluding carboxylic acids is 1. The van der Waals surface area contributed by atoms with Crippen molar-refractivity contribution in [3.05, 3.63) is 58.8 Å². The molecule has 104 valence electrons. The van der Waals surface area contributed by atoms with Crippen molar-refractivity contribution in [1.29, 1.82) is 0 Å². The maximum Gasteiger partial charge on any atom is 0.191 e. The third-order valence-corrected chi connectivity index (χ3v) is 4.13. The standard InChI is InChI=1S/C17H15N3O/c1-10-15(19-9-18-10)8-11-6-7-14-16(17(11)21)12-4-2-3-5-13(12)20-14/h2-5,8-9,20H,6-7H2,1H3,(H,18,19)/b11-8+. The normalized spacial score (nSPS) is 16.6. The van der Waals surface area contributed by atoms with Crippen LogP contribution in [-0.4, -0.2) is 20.7 Å². The van der Waals surface area contributed by atoms with E-state index >= 15 is 0 Å². The first-order valence-electron chi connectivity index (χ1n) is 7.09. The summed E-state index contributed by atoms with van der Waals surface area (Å²) >= 11 is 0. The highest BCUT2D eigenvalue weighted by Crippen LogP contribution is 2.32. The summed E-state index contributed by atoms with van der Waals surface area (Å²) in [5.74, 6) is 0.121. The molecule has 1 aliphatic rings. The van der Waals surface area contributed by atoms with Crippen LogP contribution in [0.1, 0.15) is 33.9 Å². The van der Waals surface area contributed by atoms with E-state index in [4.69, 9.17) is 0 Å². The lowest BCUT2D eigenvalue weighted by molar-refractivity contribution is 0.102. The van der Waals surface area contributed by atoms with E-state index in [2.05, 4.69) is 15.0 Å². The molecule has 0 radical (unpaired) electrons. The Morgan fingerprint density at radius 2 is 2.10 bits per heavy atom. The largest absolute Gasteiger partial charge is 0.358 e. The molecule has 0 fully saturated rings. The van der Waals surface area contributed by atoms with E-state index in [0.717, 1.165) is 52.0 Å². The zero-order valence-corrected chi connectivity index (χ0v) is 11.7. The van der Waals surface area contributed by atoms with Crippen molar-refractivity contribution in [3.8, 4) is 0 Å². The third-order valence-electron chi connectivity index (χ3n) is 4.13. The molecule has 3 aromatic rings. The van der Waals surface area contributed by atoms with Crippen molar-refractivity contribution in [2.75, 3.05) is 0 Å². The Hall–Kier alpha value is -2.62. The number of nitrogens with zero attached hydrogens (tertiary/aromatic N) is 1. The number of ketones is 1. The average Bonchev–Trinajstić information content (AvgIpc) is 3.06. The van der Waals surface area contributed by atoms with Crippen molar-refractivity contribution in [1.82, 2.24) is 15.0 Å². The van der Waals surface area contributed by atoms with Gasteiger partial charge in [-0.15, -0.1) is 0 Å². The maximum absolute atomic E-state index is 12.8. The van der Waals surface area contributed by atoms with E-state index in [-0.39, 0.29) is 5.78 Å². The smallest absolute Gasteiger partial charge is 0.191 e. The van der Waals surface area contributed by atoms with Gasteiger partial charge in [0.25, 0.3) is 0 Å². The number of carbonyl (C=O) groups is 1. The second kappa shape index (κ2) is 4.45. The summed E-state index contributed by atoms with van der Waals surface area (Å²) < 4.78 is 0. The van der Waals surface area contributed by atoms with Gasteiger partial charge in [0, 0.05) is 27.9 Å². The highest BCUT2D eigenvalue weighted by atomic mass is 16.1. The minimum absolute atomic E-state index is 0.121. The number of aromatic amines is 2. The first-order chi connectivity index (χ1) is 10.2. The average molecular weight is 277 g/mol. The number of benzene rings is 1. The summed E-state index contributed by atoms with van der Waals surface area (Å²) in [6.45, 7) is 1.96. The molecule has 2 aromatic heterocycles. The number of fused-ring (bicyclic) bond motifs is 3. The van der Waals surface area contributed by atoms with Crippen LogP contribution in [0.2, 0.25) is 0 Å². The van der Waals surface area contributed by atoms with Crippen LogP contribution in [-0.2, 0) is 6.42 Å². The van der Waals surface area contributed by atoms with Crippen LogP contribution in [0, 0.1) is 6.92 Å². The first kappa shape index (κ1) is 12.1. The zero-order chi connectivity index (χ0) is 14.4. The second-order valence-electron chi connectivity index (χ2n) is 5.44. The van der Waals surface area contributed by atoms with Gasteiger partial charge >= 0.3 is 0 Å². The van der Waals surface area contributed by atoms with Crippen molar-refractivity contribution < 1.29 is 4.79 Å². The Morgan fingerprint density at radius 1 is 1.24 bits per heavy atom. The lowest BCUT2D eigenvalue weighted by atomic mass is 9.89. The molecule has 4 rings (SSSR count). The number of rotatable bonds is 1. The van der Waals surface area contributed by atoms with Crippen molar-refractivity contribution in [3.63, 3.8) is 0 Å². The van der Waals surface area contributed by atoms with Crippen LogP contribution in [0.3, 0.4) is 0 Å². The van der Waals surface area contributed by atoms with E-state index in [1.54, 1.807) is 6.33 Å². The highest BCUT2D eigenvalue weighted by molar-refractivity contribution is 6.19. The molecular formula is C17H15N3O. The van der Waals surface area contributed by atoms with Crippen LogP contribution >= 0.6 is 0 Å². The third kappa shape index (κ3) is 1.83. The van der Waals surface area contributed by atoms with Crippen molar-refractivity contribution in [2.24, 2.45) is 0 Å². The Labute approximate surface area is 121 Å². The molecule has 1 aliphatic carbocycles. The van der Waals surface area contributed by atoms with E-state index in [1.807, 2.05) is 37.3 Å². The molecule has 1 aromatic carbocycles. The molecule has 4 nitrogen and oxygen atoms in total. The van der Waals surface area contributed by atoms with Crippen molar-refractivity contribution in [2.45, 2.75) is 19.8 Å². The molecular weight excluding hydrogens is 262 g/mol. The first-order valence-corrected chi connectivity index (χ1v) is 7.09. The molecule has 21 heavy (non-hydrogen) atoms. The number of hydrogen-bond acceptors (Lipinski definition) is 2. The molecule has 0 atom stereocenters. The van der Waals surface area contributed by atoms with Crippen LogP contribution in [0.4, 0.5) is 0 Å². The Kier molecular flexibility index (Phi) is 2.57. The summed E-state index contributed by atoms with van der Waals surface area (Å²) in [7, 11) is 0. The topological polar surface area (TPSA) is 61.5 Å². The minimum Gasteiger partial charge on any atom is -0.358 e. The Bertz CT molecular complexity index is 882. The van der Waals surface area contributed by atoms with Gasteiger partial charge in [-0.25, -0.2) is 4.98 Å². The molecule has 2 heterocycles. The van der Waals surface area contributed by atoms with Gasteiger partial charge in [-0.3, -0.25) is 4.79 Å². The fraction of sp³-hybridized carbons (Fsp3) is 0.176. The fourth-order valence-corrected chi connectivity index (χ4v) is 3.00. The van der Waals surface area contributed by atoms with Crippen LogP contribution in [0.15, 0.2) is 36.2 Å². The monoisotopic (exact) mass is 277 g/mol. The number of allylic oxidation sites excluding steroid dienone is 1. The molecule has 0 spiro atoms. The molecule has 0 saturated carbocycles. The summed E-state index contributed by atoms with van der Waals surface area (Å²) in [6.07, 6.45) is 5.20. The summed E-state index contributed by atoms with van der Waals surface area (Å²) in [6, 6.07) is 7.98. The SMILES string of the molecule is Cc1[nH]cnc1/C=C1\CCc2[nH]c3ccccc3c2C1=O. The molecule has 0 bridgehead atoms. The molecule has 4 heteroatoms. The number of para-hydroxylation sites is 1. The number of H-pyrrole nitrogens is 2. The van der Waals surface area contributed by atoms with E-state index < -0.39 is 0 Å². The van der Waals surface area contributed by atoms with E-state index in [0.29, 0.717) is 0 Å². The van der Waals surface area contributed by atoms with Crippen LogP contribution in [0.25, 0.3) is 17.0 Å². The zero-order valence-electron chi connectivity index (χ0n) is 11.7. The van der Waals surface area contributed by atoms with Gasteiger partial charge in [0.1, 0.15) is 0 Å². The number of imidazole rings is 1. The number of nitrogens with one attached hydrogen (secondary N) is 2. The van der Waals surface area contributed by atoms with E-state index in [9.17, 15) is 4.79 Å². The molecule has 0 amide bonds. The number of Topliss-reactive ketones (excluding diaryl/α,β-unsaturated/α-hetero) is 1. The number of hydrogen-bond donors (Lipinski definition) is 2.